The minimum atomic E-state index is -0.0829. The number of hydrogen-bond donors (Lipinski definition) is 2. The summed E-state index contributed by atoms with van der Waals surface area (Å²) in [7, 11) is 1.82. The number of aromatic hydroxyl groups is 1. The maximum atomic E-state index is 12.2. The van der Waals surface area contributed by atoms with Gasteiger partial charge in [-0.1, -0.05) is 54.4 Å². The molecule has 2 amide bonds. The van der Waals surface area contributed by atoms with Crippen LogP contribution >= 0.6 is 11.6 Å². The van der Waals surface area contributed by atoms with Crippen molar-refractivity contribution >= 4 is 23.4 Å². The van der Waals surface area contributed by atoms with Crippen LogP contribution in [0.5, 0.6) is 5.75 Å². The first-order valence-corrected chi connectivity index (χ1v) is 9.85. The maximum Gasteiger partial charge on any atom is 0.224 e. The van der Waals surface area contributed by atoms with Crippen LogP contribution < -0.4 is 5.32 Å². The molecule has 150 valence electrons. The molecule has 0 saturated heterocycles. The van der Waals surface area contributed by atoms with E-state index in [9.17, 15) is 14.7 Å². The number of carbonyl (C=O) groups excluding carboxylic acids is 2. The molecule has 0 bridgehead atoms. The fraction of sp³-hybridized carbons (Fsp3) is 0.364. The number of phenolic OH excluding ortho intramolecular Hbond substituents is 1. The van der Waals surface area contributed by atoms with Crippen molar-refractivity contribution in [2.75, 3.05) is 13.6 Å². The number of unbranched alkanes of at least 4 members (excludes halogenated alkanes) is 2. The van der Waals surface area contributed by atoms with Crippen LogP contribution in [0.1, 0.15) is 36.8 Å². The van der Waals surface area contributed by atoms with Gasteiger partial charge in [-0.05, 0) is 36.1 Å². The molecule has 5 nitrogen and oxygen atoms in total. The highest BCUT2D eigenvalue weighted by Crippen LogP contribution is 2.23. The molecule has 0 radical (unpaired) electrons. The first-order valence-electron chi connectivity index (χ1n) is 9.47. The summed E-state index contributed by atoms with van der Waals surface area (Å²) in [4.78, 5) is 25.9. The van der Waals surface area contributed by atoms with Gasteiger partial charge in [0.25, 0.3) is 0 Å². The first-order chi connectivity index (χ1) is 13.5. The number of phenols is 1. The molecule has 2 aromatic rings. The predicted octanol–water partition coefficient (Wildman–Crippen LogP) is 3.92. The molecule has 0 aliphatic heterocycles. The predicted molar refractivity (Wildman–Crippen MR) is 111 cm³/mol. The highest BCUT2D eigenvalue weighted by Gasteiger charge is 2.09. The third-order valence-electron chi connectivity index (χ3n) is 4.45. The molecule has 0 aromatic heterocycles. The Morgan fingerprint density at radius 3 is 2.50 bits per heavy atom. The molecule has 0 atom stereocenters. The second-order valence-corrected chi connectivity index (χ2v) is 7.27. The van der Waals surface area contributed by atoms with Crippen molar-refractivity contribution < 1.29 is 14.7 Å². The minimum Gasteiger partial charge on any atom is -0.506 e. The number of hydrogen-bond acceptors (Lipinski definition) is 3. The smallest absolute Gasteiger partial charge is 0.224 e. The Hall–Kier alpha value is -2.53. The molecule has 0 heterocycles. The van der Waals surface area contributed by atoms with Crippen LogP contribution in [0.3, 0.4) is 0 Å². The second kappa shape index (κ2) is 11.3. The van der Waals surface area contributed by atoms with E-state index >= 15 is 0 Å². The number of amides is 2. The Bertz CT molecular complexity index is 781. The molecular weight excluding hydrogens is 376 g/mol. The number of halogens is 1. The van der Waals surface area contributed by atoms with Gasteiger partial charge in [-0.15, -0.1) is 0 Å². The Morgan fingerprint density at radius 2 is 1.79 bits per heavy atom. The van der Waals surface area contributed by atoms with Gasteiger partial charge >= 0.3 is 0 Å². The summed E-state index contributed by atoms with van der Waals surface area (Å²) in [6, 6.07) is 14.7. The van der Waals surface area contributed by atoms with E-state index < -0.39 is 0 Å². The van der Waals surface area contributed by atoms with Crippen molar-refractivity contribution in [3.63, 3.8) is 0 Å². The molecule has 0 unspecified atom stereocenters. The summed E-state index contributed by atoms with van der Waals surface area (Å²) in [5.74, 6) is 0.0623. The van der Waals surface area contributed by atoms with Crippen molar-refractivity contribution in [1.82, 2.24) is 10.2 Å². The van der Waals surface area contributed by atoms with Gasteiger partial charge in [-0.2, -0.15) is 0 Å². The normalized spacial score (nSPS) is 10.5. The zero-order valence-electron chi connectivity index (χ0n) is 16.2. The van der Waals surface area contributed by atoms with Gasteiger partial charge in [0.2, 0.25) is 11.8 Å². The third kappa shape index (κ3) is 7.61. The first kappa shape index (κ1) is 21.8. The summed E-state index contributed by atoms with van der Waals surface area (Å²) < 4.78 is 0. The van der Waals surface area contributed by atoms with Gasteiger partial charge in [0.05, 0.1) is 11.4 Å². The molecule has 2 N–H and O–H groups in total. The zero-order valence-corrected chi connectivity index (χ0v) is 16.9. The maximum absolute atomic E-state index is 12.2. The van der Waals surface area contributed by atoms with Gasteiger partial charge < -0.3 is 15.3 Å². The summed E-state index contributed by atoms with van der Waals surface area (Å²) in [5.41, 5.74) is 1.88. The SMILES string of the molecule is CN(Cc1ccccc1)C(=O)CCCCCNC(=O)Cc1ccc(O)c(Cl)c1. The van der Waals surface area contributed by atoms with E-state index in [0.29, 0.717) is 19.5 Å². The van der Waals surface area contributed by atoms with E-state index in [-0.39, 0.29) is 29.0 Å². The fourth-order valence-corrected chi connectivity index (χ4v) is 3.05. The van der Waals surface area contributed by atoms with Crippen LogP contribution in [-0.4, -0.2) is 35.4 Å². The highest BCUT2D eigenvalue weighted by molar-refractivity contribution is 6.32. The van der Waals surface area contributed by atoms with Crippen LogP contribution in [0.15, 0.2) is 48.5 Å². The highest BCUT2D eigenvalue weighted by atomic mass is 35.5. The van der Waals surface area contributed by atoms with E-state index in [2.05, 4.69) is 5.32 Å². The van der Waals surface area contributed by atoms with Gasteiger partial charge in [-0.3, -0.25) is 9.59 Å². The number of carbonyl (C=O) groups is 2. The Morgan fingerprint density at radius 1 is 1.04 bits per heavy atom. The Balaban J connectivity index is 1.56. The lowest BCUT2D eigenvalue weighted by molar-refractivity contribution is -0.130. The zero-order chi connectivity index (χ0) is 20.4. The monoisotopic (exact) mass is 402 g/mol. The molecule has 2 aromatic carbocycles. The molecule has 0 aliphatic rings. The molecule has 2 rings (SSSR count). The average molecular weight is 403 g/mol. The molecule has 0 spiro atoms. The number of rotatable bonds is 10. The van der Waals surface area contributed by atoms with Crippen molar-refractivity contribution in [2.45, 2.75) is 38.6 Å². The minimum absolute atomic E-state index is 0.00906. The summed E-state index contributed by atoms with van der Waals surface area (Å²) in [5, 5.41) is 12.5. The molecule has 6 heteroatoms. The molecule has 28 heavy (non-hydrogen) atoms. The number of nitrogens with one attached hydrogen (secondary N) is 1. The molecule has 0 saturated carbocycles. The quantitative estimate of drug-likeness (QED) is 0.592. The largest absolute Gasteiger partial charge is 0.506 e. The lowest BCUT2D eigenvalue weighted by Gasteiger charge is -2.17. The topological polar surface area (TPSA) is 69.6 Å². The molecular formula is C22H27ClN2O3. The van der Waals surface area contributed by atoms with Gasteiger partial charge in [0.15, 0.2) is 0 Å². The average Bonchev–Trinajstić information content (AvgIpc) is 2.68. The third-order valence-corrected chi connectivity index (χ3v) is 4.76. The van der Waals surface area contributed by atoms with Gasteiger partial charge in [-0.25, -0.2) is 0 Å². The van der Waals surface area contributed by atoms with Crippen LogP contribution in [0.25, 0.3) is 0 Å². The van der Waals surface area contributed by atoms with Crippen LogP contribution in [-0.2, 0) is 22.6 Å². The Kier molecular flexibility index (Phi) is 8.82. The summed E-state index contributed by atoms with van der Waals surface area (Å²) in [6.07, 6.45) is 3.27. The van der Waals surface area contributed by atoms with Crippen molar-refractivity contribution in [3.05, 3.63) is 64.7 Å². The van der Waals surface area contributed by atoms with Gasteiger partial charge in [0, 0.05) is 26.6 Å². The van der Waals surface area contributed by atoms with E-state index in [1.165, 1.54) is 6.07 Å². The standard InChI is InChI=1S/C22H27ClN2O3/c1-25(16-17-8-4-2-5-9-17)22(28)10-6-3-7-13-24-21(27)15-18-11-12-20(26)19(23)14-18/h2,4-5,8-9,11-12,14,26H,3,6-7,10,13,15-16H2,1H3,(H,24,27). The number of benzene rings is 2. The lowest BCUT2D eigenvalue weighted by atomic mass is 10.1. The lowest BCUT2D eigenvalue weighted by Crippen LogP contribution is -2.27. The number of nitrogens with zero attached hydrogens (tertiary/aromatic N) is 1. The molecule has 0 aliphatic carbocycles. The fourth-order valence-electron chi connectivity index (χ4n) is 2.85. The van der Waals surface area contributed by atoms with Crippen molar-refractivity contribution in [1.29, 1.82) is 0 Å². The molecule has 0 fully saturated rings. The van der Waals surface area contributed by atoms with Gasteiger partial charge in [0.1, 0.15) is 5.75 Å². The van der Waals surface area contributed by atoms with E-state index in [1.807, 2.05) is 37.4 Å². The van der Waals surface area contributed by atoms with Crippen LogP contribution in [0, 0.1) is 0 Å². The van der Waals surface area contributed by atoms with E-state index in [0.717, 1.165) is 30.4 Å². The Labute approximate surface area is 171 Å². The van der Waals surface area contributed by atoms with Crippen LogP contribution in [0.2, 0.25) is 5.02 Å². The van der Waals surface area contributed by atoms with Crippen LogP contribution in [0.4, 0.5) is 0 Å². The van der Waals surface area contributed by atoms with E-state index in [1.54, 1.807) is 17.0 Å². The summed E-state index contributed by atoms with van der Waals surface area (Å²) >= 11 is 5.84. The van der Waals surface area contributed by atoms with Crippen molar-refractivity contribution in [3.8, 4) is 5.75 Å². The summed E-state index contributed by atoms with van der Waals surface area (Å²) in [6.45, 7) is 1.20. The van der Waals surface area contributed by atoms with E-state index in [4.69, 9.17) is 11.6 Å². The van der Waals surface area contributed by atoms with Crippen molar-refractivity contribution in [2.24, 2.45) is 0 Å². The second-order valence-electron chi connectivity index (χ2n) is 6.86.